The van der Waals surface area contributed by atoms with Crippen molar-refractivity contribution in [3.8, 4) is 0 Å². The van der Waals surface area contributed by atoms with Gasteiger partial charge in [-0.25, -0.2) is 0 Å². The van der Waals surface area contributed by atoms with E-state index in [-0.39, 0.29) is 0 Å². The van der Waals surface area contributed by atoms with E-state index < -0.39 is 0 Å². The first-order valence-corrected chi connectivity index (χ1v) is 9.51. The van der Waals surface area contributed by atoms with Crippen LogP contribution < -0.4 is 0 Å². The van der Waals surface area contributed by atoms with E-state index in [1.165, 1.54) is 47.9 Å². The molecule has 0 aromatic heterocycles. The molecule has 128 valence electrons. The lowest BCUT2D eigenvalue weighted by Crippen LogP contribution is -1.89. The molecule has 0 unspecified atom stereocenters. The van der Waals surface area contributed by atoms with Gasteiger partial charge in [-0.3, -0.25) is 0 Å². The van der Waals surface area contributed by atoms with Crippen molar-refractivity contribution >= 4 is 0 Å². The van der Waals surface area contributed by atoms with E-state index in [2.05, 4.69) is 65.8 Å². The van der Waals surface area contributed by atoms with E-state index >= 15 is 0 Å². The summed E-state index contributed by atoms with van der Waals surface area (Å²) in [7, 11) is 0. The van der Waals surface area contributed by atoms with Crippen molar-refractivity contribution in [3.05, 3.63) is 68.8 Å². The van der Waals surface area contributed by atoms with E-state index in [1.54, 1.807) is 22.3 Å². The molecule has 0 radical (unpaired) electrons. The third-order valence-electron chi connectivity index (χ3n) is 5.91. The third-order valence-corrected chi connectivity index (χ3v) is 5.91. The van der Waals surface area contributed by atoms with Gasteiger partial charge in [0.05, 0.1) is 0 Å². The molecule has 0 fully saturated rings. The topological polar surface area (TPSA) is 0 Å². The van der Waals surface area contributed by atoms with Crippen molar-refractivity contribution in [2.24, 2.45) is 11.8 Å². The van der Waals surface area contributed by atoms with Crippen molar-refractivity contribution in [2.75, 3.05) is 0 Å². The zero-order valence-corrected chi connectivity index (χ0v) is 16.3. The summed E-state index contributed by atoms with van der Waals surface area (Å²) in [6.45, 7) is 13.5. The fraction of sp³-hybridized carbons (Fsp3) is 0.500. The lowest BCUT2D eigenvalue weighted by Gasteiger charge is -2.03. The summed E-state index contributed by atoms with van der Waals surface area (Å²) in [6.07, 6.45) is 5.15. The fourth-order valence-corrected chi connectivity index (χ4v) is 4.28. The number of hydrogen-bond donors (Lipinski definition) is 0. The summed E-state index contributed by atoms with van der Waals surface area (Å²) in [5.41, 5.74) is 12.1. The molecule has 2 aromatic rings. The minimum Gasteiger partial charge on any atom is -0.0619 e. The second-order valence-corrected chi connectivity index (χ2v) is 8.44. The molecule has 0 bridgehead atoms. The highest BCUT2D eigenvalue weighted by Crippen LogP contribution is 2.29. The Hall–Kier alpha value is -1.56. The van der Waals surface area contributed by atoms with Gasteiger partial charge in [-0.2, -0.15) is 0 Å². The summed E-state index contributed by atoms with van der Waals surface area (Å²) in [5.74, 6) is 1.72. The molecule has 2 aromatic carbocycles. The van der Waals surface area contributed by atoms with Crippen LogP contribution in [0.1, 0.15) is 58.4 Å². The molecule has 0 nitrogen and oxygen atoms in total. The molecule has 2 aliphatic rings. The van der Waals surface area contributed by atoms with Crippen molar-refractivity contribution < 1.29 is 0 Å². The van der Waals surface area contributed by atoms with Crippen molar-refractivity contribution in [2.45, 2.75) is 67.2 Å². The van der Waals surface area contributed by atoms with Gasteiger partial charge in [0.2, 0.25) is 0 Å². The van der Waals surface area contributed by atoms with Crippen LogP contribution in [0.3, 0.4) is 0 Å². The number of aryl methyl sites for hydroxylation is 4. The van der Waals surface area contributed by atoms with Crippen LogP contribution in [0.2, 0.25) is 0 Å². The summed E-state index contributed by atoms with van der Waals surface area (Å²) < 4.78 is 0. The Morgan fingerprint density at radius 2 is 0.708 bits per heavy atom. The summed E-state index contributed by atoms with van der Waals surface area (Å²) >= 11 is 0. The van der Waals surface area contributed by atoms with Gasteiger partial charge in [0.1, 0.15) is 0 Å². The fourth-order valence-electron chi connectivity index (χ4n) is 4.28. The van der Waals surface area contributed by atoms with Crippen LogP contribution in [0.15, 0.2) is 24.3 Å². The van der Waals surface area contributed by atoms with E-state index in [0.29, 0.717) is 0 Å². The minimum absolute atomic E-state index is 0.862. The maximum Gasteiger partial charge on any atom is -0.0247 e. The Labute approximate surface area is 148 Å². The SMILES string of the molecule is Cc1cc2c(cc1C)CC(C)C2.Cc1cc2c(cc1C)CC(C)C2. The lowest BCUT2D eigenvalue weighted by atomic mass is 10.0. The first-order valence-electron chi connectivity index (χ1n) is 9.51. The zero-order valence-electron chi connectivity index (χ0n) is 16.3. The van der Waals surface area contributed by atoms with Gasteiger partial charge in [-0.1, -0.05) is 38.1 Å². The van der Waals surface area contributed by atoms with Gasteiger partial charge in [0, 0.05) is 0 Å². The third kappa shape index (κ3) is 3.58. The maximum absolute atomic E-state index is 2.37. The monoisotopic (exact) mass is 320 g/mol. The quantitative estimate of drug-likeness (QED) is 0.552. The number of rotatable bonds is 0. The van der Waals surface area contributed by atoms with E-state index in [4.69, 9.17) is 0 Å². The molecule has 0 atom stereocenters. The molecule has 0 heteroatoms. The largest absolute Gasteiger partial charge is 0.0619 e. The van der Waals surface area contributed by atoms with Gasteiger partial charge in [0.25, 0.3) is 0 Å². The Balaban J connectivity index is 0.000000141. The predicted molar refractivity (Wildman–Crippen MR) is 105 cm³/mol. The molecule has 0 N–H and O–H groups in total. The van der Waals surface area contributed by atoms with Gasteiger partial charge in [0.15, 0.2) is 0 Å². The highest BCUT2D eigenvalue weighted by Gasteiger charge is 2.18. The molecule has 4 rings (SSSR count). The molecule has 0 heterocycles. The second kappa shape index (κ2) is 6.75. The normalized spacial score (nSPS) is 16.6. The standard InChI is InChI=1S/2C12H16/c2*1-8-4-11-6-9(2)10(3)7-12(11)5-8/h2*6-8H,4-5H2,1-3H3. The highest BCUT2D eigenvalue weighted by atomic mass is 14.2. The number of fused-ring (bicyclic) bond motifs is 2. The van der Waals surface area contributed by atoms with Crippen LogP contribution in [0.25, 0.3) is 0 Å². The van der Waals surface area contributed by atoms with Crippen LogP contribution >= 0.6 is 0 Å². The van der Waals surface area contributed by atoms with Gasteiger partial charge in [-0.15, -0.1) is 0 Å². The van der Waals surface area contributed by atoms with Gasteiger partial charge < -0.3 is 0 Å². The minimum atomic E-state index is 0.862. The van der Waals surface area contributed by atoms with Gasteiger partial charge >= 0.3 is 0 Å². The van der Waals surface area contributed by atoms with E-state index in [1.807, 2.05) is 0 Å². The maximum atomic E-state index is 2.37. The summed E-state index contributed by atoms with van der Waals surface area (Å²) in [6, 6.07) is 9.48. The van der Waals surface area contributed by atoms with Crippen LogP contribution in [0, 0.1) is 39.5 Å². The zero-order chi connectivity index (χ0) is 17.4. The van der Waals surface area contributed by atoms with Crippen molar-refractivity contribution in [3.63, 3.8) is 0 Å². The predicted octanol–water partition coefficient (Wildman–Crippen LogP) is 6.08. The lowest BCUT2D eigenvalue weighted by molar-refractivity contribution is 0.627. The van der Waals surface area contributed by atoms with Gasteiger partial charge in [-0.05, 0) is 110 Å². The smallest absolute Gasteiger partial charge is 0.0247 e. The second-order valence-electron chi connectivity index (χ2n) is 8.44. The van der Waals surface area contributed by atoms with E-state index in [9.17, 15) is 0 Å². The molecular formula is C24H32. The Kier molecular flexibility index (Phi) is 4.85. The molecule has 0 aliphatic heterocycles. The highest BCUT2D eigenvalue weighted by molar-refractivity contribution is 5.41. The first-order chi connectivity index (χ1) is 11.3. The molecule has 2 aliphatic carbocycles. The molecule has 0 spiro atoms. The Bertz CT molecular complexity index is 624. The van der Waals surface area contributed by atoms with Crippen LogP contribution in [-0.2, 0) is 25.7 Å². The van der Waals surface area contributed by atoms with Crippen LogP contribution in [-0.4, -0.2) is 0 Å². The van der Waals surface area contributed by atoms with Crippen LogP contribution in [0.4, 0.5) is 0 Å². The average Bonchev–Trinajstić information content (AvgIpc) is 3.01. The van der Waals surface area contributed by atoms with Crippen molar-refractivity contribution in [1.29, 1.82) is 0 Å². The van der Waals surface area contributed by atoms with Crippen LogP contribution in [0.5, 0.6) is 0 Å². The first kappa shape index (κ1) is 17.3. The molecule has 24 heavy (non-hydrogen) atoms. The number of benzene rings is 2. The van der Waals surface area contributed by atoms with Crippen molar-refractivity contribution in [1.82, 2.24) is 0 Å². The molecule has 0 amide bonds. The Morgan fingerprint density at radius 3 is 0.917 bits per heavy atom. The van der Waals surface area contributed by atoms with E-state index in [0.717, 1.165) is 11.8 Å². The summed E-state index contributed by atoms with van der Waals surface area (Å²) in [5, 5.41) is 0. The molecule has 0 saturated carbocycles. The Morgan fingerprint density at radius 1 is 0.500 bits per heavy atom. The number of hydrogen-bond acceptors (Lipinski definition) is 0. The summed E-state index contributed by atoms with van der Waals surface area (Å²) in [4.78, 5) is 0. The average molecular weight is 321 g/mol. The molecule has 0 saturated heterocycles. The molecular weight excluding hydrogens is 288 g/mol.